The smallest absolute Gasteiger partial charge is 0.289 e. The van der Waals surface area contributed by atoms with Crippen molar-refractivity contribution in [2.45, 2.75) is 54.7 Å². The van der Waals surface area contributed by atoms with Crippen molar-refractivity contribution in [3.8, 4) is 11.1 Å². The maximum Gasteiger partial charge on any atom is 0.416 e. The number of fused-ring (bicyclic) bond motifs is 3. The highest BCUT2D eigenvalue weighted by atomic mass is 79.9. The number of hydrogen-bond donors (Lipinski definition) is 0. The van der Waals surface area contributed by atoms with Crippen LogP contribution in [-0.4, -0.2) is 22.3 Å². The van der Waals surface area contributed by atoms with E-state index in [1.807, 2.05) is 30.3 Å². The standard InChI is InChI=1S/C32H12BF24.C22H18BrOS/c34-25(35,36)13-1-14(26(37,38)39)6-21(5-13)33(22-7-15(27(40,41)42)2-16(8-22)28(43,44)45,23-9-17(29(46,47)48)3-18(10-23)30(49,50)51)24-11-19(31(52,53)54)4-20(12-24)32(55,56)57;23-15-25(14-21(24)16-8-2-1-3-9-16)22-19-12-6-4-10-17(19)18-11-5-7-13-20(18)22/h1-12H;1-13,22H,14-15H2/q-1;+1. The maximum absolute atomic E-state index is 14.2. The molecule has 7 aromatic rings. The largest absolute Gasteiger partial charge is 0.416 e. The van der Waals surface area contributed by atoms with Crippen LogP contribution in [0.3, 0.4) is 0 Å². The minimum absolute atomic E-state index is 0.0930. The monoisotopic (exact) mass is 1270 g/mol. The molecule has 82 heavy (non-hydrogen) atoms. The fourth-order valence-electron chi connectivity index (χ4n) is 9.60. The summed E-state index contributed by atoms with van der Waals surface area (Å²) in [5.41, 5.74) is -24.1. The second-order valence-corrected chi connectivity index (χ2v) is 21.8. The first-order valence-electron chi connectivity index (χ1n) is 22.9. The van der Waals surface area contributed by atoms with E-state index in [9.17, 15) is 110 Å². The molecule has 0 heterocycles. The van der Waals surface area contributed by atoms with Gasteiger partial charge in [0.25, 0.3) is 0 Å². The van der Waals surface area contributed by atoms with Gasteiger partial charge in [-0.15, -0.1) is 0 Å². The lowest BCUT2D eigenvalue weighted by Crippen LogP contribution is -2.75. The summed E-state index contributed by atoms with van der Waals surface area (Å²) in [6, 6.07) is 18.1. The topological polar surface area (TPSA) is 17.1 Å². The maximum atomic E-state index is 14.2. The summed E-state index contributed by atoms with van der Waals surface area (Å²) in [5.74, 6) is 0.799. The molecule has 0 radical (unpaired) electrons. The molecule has 1 aliphatic rings. The van der Waals surface area contributed by atoms with Crippen LogP contribution in [0, 0.1) is 0 Å². The first-order chi connectivity index (χ1) is 37.6. The Morgan fingerprint density at radius 1 is 0.354 bits per heavy atom. The third-order valence-electron chi connectivity index (χ3n) is 13.1. The van der Waals surface area contributed by atoms with Crippen molar-refractivity contribution in [3.63, 3.8) is 0 Å². The van der Waals surface area contributed by atoms with Gasteiger partial charge < -0.3 is 0 Å². The summed E-state index contributed by atoms with van der Waals surface area (Å²) < 4.78 is 342. The van der Waals surface area contributed by atoms with Crippen LogP contribution in [0.15, 0.2) is 152 Å². The Hall–Kier alpha value is -6.58. The predicted molar refractivity (Wildman–Crippen MR) is 261 cm³/mol. The van der Waals surface area contributed by atoms with Gasteiger partial charge in [0, 0.05) is 27.6 Å². The number of rotatable bonds is 9. The van der Waals surface area contributed by atoms with Crippen molar-refractivity contribution in [2.75, 3.05) is 10.4 Å². The van der Waals surface area contributed by atoms with Crippen molar-refractivity contribution in [1.82, 2.24) is 0 Å². The molecule has 1 unspecified atom stereocenters. The minimum atomic E-state index is -6.13. The van der Waals surface area contributed by atoms with E-state index in [2.05, 4.69) is 64.5 Å². The molecule has 0 fully saturated rings. The van der Waals surface area contributed by atoms with E-state index >= 15 is 0 Å². The molecule has 1 nitrogen and oxygen atoms in total. The number of alkyl halides is 25. The molecule has 8 rings (SSSR count). The second kappa shape index (κ2) is 22.2. The summed E-state index contributed by atoms with van der Waals surface area (Å²) in [5, 5.41) is 0.291. The molecule has 0 spiro atoms. The molecule has 0 saturated heterocycles. The van der Waals surface area contributed by atoms with Gasteiger partial charge in [0.1, 0.15) is 6.15 Å². The van der Waals surface area contributed by atoms with Crippen LogP contribution < -0.4 is 21.9 Å². The van der Waals surface area contributed by atoms with Gasteiger partial charge >= 0.3 is 49.4 Å². The van der Waals surface area contributed by atoms with Crippen LogP contribution in [0.25, 0.3) is 11.1 Å². The normalized spacial score (nSPS) is 14.2. The van der Waals surface area contributed by atoms with E-state index < -0.39 is 195 Å². The van der Waals surface area contributed by atoms with Crippen molar-refractivity contribution in [1.29, 1.82) is 0 Å². The first-order valence-corrected chi connectivity index (χ1v) is 25.6. The Kier molecular flexibility index (Phi) is 17.1. The molecule has 436 valence electrons. The summed E-state index contributed by atoms with van der Waals surface area (Å²) in [6.07, 6.45) is -54.8. The molecule has 7 aromatic carbocycles. The van der Waals surface area contributed by atoms with Gasteiger partial charge in [0.05, 0.1) is 44.5 Å². The van der Waals surface area contributed by atoms with Crippen LogP contribution in [-0.2, 0) is 60.3 Å². The molecular formula is C54H30BBrF24OS. The number of hydrogen-bond acceptors (Lipinski definition) is 1. The summed E-state index contributed by atoms with van der Waals surface area (Å²) in [6.45, 7) is 0. The van der Waals surface area contributed by atoms with Crippen LogP contribution in [0.1, 0.15) is 71.2 Å². The highest BCUT2D eigenvalue weighted by Crippen LogP contribution is 2.49. The van der Waals surface area contributed by atoms with E-state index in [-0.39, 0.29) is 16.7 Å². The lowest BCUT2D eigenvalue weighted by atomic mass is 9.12. The Balaban J connectivity index is 0.000000318. The van der Waals surface area contributed by atoms with E-state index in [4.69, 9.17) is 0 Å². The van der Waals surface area contributed by atoms with Crippen LogP contribution in [0.5, 0.6) is 0 Å². The van der Waals surface area contributed by atoms with Crippen LogP contribution in [0.4, 0.5) is 105 Å². The molecular weight excluding hydrogens is 1240 g/mol. The van der Waals surface area contributed by atoms with Gasteiger partial charge in [-0.1, -0.05) is 127 Å². The van der Waals surface area contributed by atoms with E-state index in [1.165, 1.54) is 22.3 Å². The molecule has 0 bridgehead atoms. The summed E-state index contributed by atoms with van der Waals surface area (Å²) >= 11 is 3.69. The van der Waals surface area contributed by atoms with Crippen LogP contribution >= 0.6 is 15.9 Å². The minimum Gasteiger partial charge on any atom is -0.289 e. The molecule has 28 heteroatoms. The van der Waals surface area contributed by atoms with Gasteiger partial charge in [0.15, 0.2) is 15.7 Å². The molecule has 0 aromatic heterocycles. The van der Waals surface area contributed by atoms with Crippen molar-refractivity contribution in [3.05, 3.63) is 213 Å². The highest BCUT2D eigenvalue weighted by molar-refractivity contribution is 9.10. The Morgan fingerprint density at radius 3 is 0.817 bits per heavy atom. The molecule has 1 aliphatic carbocycles. The number of benzene rings is 7. The van der Waals surface area contributed by atoms with Crippen molar-refractivity contribution < 1.29 is 110 Å². The molecule has 0 N–H and O–H groups in total. The van der Waals surface area contributed by atoms with Crippen molar-refractivity contribution >= 4 is 60.6 Å². The number of carbonyl (C=O) groups is 1. The quantitative estimate of drug-likeness (QED) is 0.0463. The fraction of sp³-hybridized carbons (Fsp3) is 0.204. The van der Waals surface area contributed by atoms with Gasteiger partial charge in [-0.25, -0.2) is 0 Å². The number of carbonyl (C=O) groups excluding carboxylic acids is 1. The third-order valence-corrected chi connectivity index (χ3v) is 17.0. The lowest BCUT2D eigenvalue weighted by molar-refractivity contribution is -0.144. The first kappa shape index (κ1) is 63.0. The van der Waals surface area contributed by atoms with E-state index in [0.29, 0.717) is 11.0 Å². The Morgan fingerprint density at radius 2 is 0.585 bits per heavy atom. The molecule has 0 aliphatic heterocycles. The summed E-state index contributed by atoms with van der Waals surface area (Å²) in [7, 11) is -0.0930. The zero-order valence-corrected chi connectivity index (χ0v) is 42.7. The zero-order valence-electron chi connectivity index (χ0n) is 40.3. The van der Waals surface area contributed by atoms with Crippen LogP contribution in [0.2, 0.25) is 0 Å². The number of halogens is 25. The summed E-state index contributed by atoms with van der Waals surface area (Å²) in [4.78, 5) is 12.8. The van der Waals surface area contributed by atoms with Crippen molar-refractivity contribution in [2.24, 2.45) is 0 Å². The van der Waals surface area contributed by atoms with E-state index in [0.717, 1.165) is 10.2 Å². The molecule has 1 atom stereocenters. The third kappa shape index (κ3) is 13.4. The SMILES string of the molecule is FC(F)(F)c1cc([B-](c2cc(C(F)(F)F)cc(C(F)(F)F)c2)(c2cc(C(F)(F)F)cc(C(F)(F)F)c2)c2cc(C(F)(F)F)cc(C(F)(F)F)c2)cc(C(F)(F)F)c1.O=C(C[S+](CBr)C1c2ccccc2-c2ccccc21)c1ccccc1. The van der Waals surface area contributed by atoms with Gasteiger partial charge in [-0.05, 0) is 51.3 Å². The fourth-order valence-corrected chi connectivity index (χ4v) is 12.9. The lowest BCUT2D eigenvalue weighted by Gasteiger charge is -2.46. The van der Waals surface area contributed by atoms with Gasteiger partial charge in [-0.3, -0.25) is 4.79 Å². The van der Waals surface area contributed by atoms with Gasteiger partial charge in [-0.2, -0.15) is 127 Å². The van der Waals surface area contributed by atoms with E-state index in [1.54, 1.807) is 0 Å². The Bertz CT molecular complexity index is 3000. The highest BCUT2D eigenvalue weighted by Gasteiger charge is 2.48. The average molecular weight is 1270 g/mol. The average Bonchev–Trinajstić information content (AvgIpc) is 1.86. The predicted octanol–water partition coefficient (Wildman–Crippen LogP) is 16.8. The molecule has 0 amide bonds. The number of Topliss-reactive ketones (excluding diaryl/α,β-unsaturated/α-hetero) is 1. The molecule has 0 saturated carbocycles. The Labute approximate surface area is 458 Å². The van der Waals surface area contributed by atoms with Gasteiger partial charge in [0.2, 0.25) is 5.78 Å². The number of ketones is 1. The second-order valence-electron chi connectivity index (χ2n) is 18.4. The zero-order chi connectivity index (χ0) is 61.1.